The maximum atomic E-state index is 10.1. The molecule has 7 heteroatoms. The van der Waals surface area contributed by atoms with Crippen LogP contribution >= 0.6 is 35.0 Å². The van der Waals surface area contributed by atoms with Crippen LogP contribution in [0.4, 0.5) is 5.82 Å². The van der Waals surface area contributed by atoms with Crippen molar-refractivity contribution in [2.75, 3.05) is 24.2 Å². The van der Waals surface area contributed by atoms with E-state index in [-0.39, 0.29) is 6.61 Å². The highest BCUT2D eigenvalue weighted by Crippen LogP contribution is 2.46. The van der Waals surface area contributed by atoms with Crippen LogP contribution < -0.4 is 4.90 Å². The van der Waals surface area contributed by atoms with Crippen LogP contribution in [0.15, 0.2) is 41.3 Å². The summed E-state index contributed by atoms with van der Waals surface area (Å²) in [5.74, 6) is 0.784. The highest BCUT2D eigenvalue weighted by atomic mass is 35.5. The van der Waals surface area contributed by atoms with E-state index in [2.05, 4.69) is 29.4 Å². The van der Waals surface area contributed by atoms with Gasteiger partial charge in [0.1, 0.15) is 5.69 Å². The molecule has 1 saturated heterocycles. The van der Waals surface area contributed by atoms with Gasteiger partial charge in [0.2, 0.25) is 0 Å². The number of hydrogen-bond acceptors (Lipinski definition) is 5. The second-order valence-electron chi connectivity index (χ2n) is 9.16. The largest absolute Gasteiger partial charge is 0.390 e. The van der Waals surface area contributed by atoms with E-state index in [1.807, 2.05) is 30.8 Å². The van der Waals surface area contributed by atoms with Crippen molar-refractivity contribution in [2.45, 2.75) is 44.1 Å². The van der Waals surface area contributed by atoms with Crippen molar-refractivity contribution in [3.63, 3.8) is 0 Å². The van der Waals surface area contributed by atoms with Crippen molar-refractivity contribution >= 4 is 40.8 Å². The third-order valence-corrected chi connectivity index (χ3v) is 8.69. The summed E-state index contributed by atoms with van der Waals surface area (Å²) >= 11 is 14.5. The Morgan fingerprint density at radius 1 is 1.06 bits per heavy atom. The fourth-order valence-electron chi connectivity index (χ4n) is 5.33. The molecular weight excluding hydrogens is 473 g/mol. The Morgan fingerprint density at radius 2 is 1.82 bits per heavy atom. The summed E-state index contributed by atoms with van der Waals surface area (Å²) in [6.07, 6.45) is 6.69. The summed E-state index contributed by atoms with van der Waals surface area (Å²) in [5.41, 5.74) is 6.14. The number of aliphatic hydroxyl groups is 1. The molecule has 0 saturated carbocycles. The summed E-state index contributed by atoms with van der Waals surface area (Å²) in [4.78, 5) is 13.3. The van der Waals surface area contributed by atoms with E-state index in [1.165, 1.54) is 16.0 Å². The molecule has 0 radical (unpaired) electrons. The second-order valence-corrected chi connectivity index (χ2v) is 10.8. The number of rotatable bonds is 4. The van der Waals surface area contributed by atoms with Crippen molar-refractivity contribution in [2.24, 2.45) is 5.41 Å². The lowest BCUT2D eigenvalue weighted by molar-refractivity contribution is 0.230. The normalized spacial score (nSPS) is 16.9. The third-order valence-electron chi connectivity index (χ3n) is 7.15. The molecule has 5 rings (SSSR count). The Hall–Kier alpha value is -1.79. The zero-order valence-electron chi connectivity index (χ0n) is 18.9. The van der Waals surface area contributed by atoms with E-state index in [0.717, 1.165) is 55.8 Å². The quantitative estimate of drug-likeness (QED) is 0.423. The lowest BCUT2D eigenvalue weighted by atomic mass is 9.76. The first-order valence-electron chi connectivity index (χ1n) is 11.3. The molecule has 3 aromatic rings. The first-order chi connectivity index (χ1) is 15.9. The third kappa shape index (κ3) is 4.25. The lowest BCUT2D eigenvalue weighted by Crippen LogP contribution is -2.41. The van der Waals surface area contributed by atoms with E-state index in [4.69, 9.17) is 33.2 Å². The van der Waals surface area contributed by atoms with E-state index in [9.17, 15) is 5.11 Å². The molecule has 172 valence electrons. The van der Waals surface area contributed by atoms with Gasteiger partial charge in [-0.2, -0.15) is 0 Å². The topological polar surface area (TPSA) is 49.2 Å². The van der Waals surface area contributed by atoms with Gasteiger partial charge in [-0.15, -0.1) is 11.8 Å². The molecule has 0 amide bonds. The fraction of sp³-hybridized carbons (Fsp3) is 0.385. The minimum Gasteiger partial charge on any atom is -0.390 e. The monoisotopic (exact) mass is 499 g/mol. The number of benzene rings is 2. The van der Waals surface area contributed by atoms with Gasteiger partial charge < -0.3 is 10.0 Å². The Balaban J connectivity index is 1.38. The van der Waals surface area contributed by atoms with Crippen molar-refractivity contribution < 1.29 is 5.11 Å². The number of nitrogens with zero attached hydrogens (tertiary/aromatic N) is 3. The summed E-state index contributed by atoms with van der Waals surface area (Å²) in [6, 6.07) is 12.4. The SMILES string of the molecule is CSc1ccc2c(c1)CC1(CCN(c3nc(C)c(-c4cccc(Cl)c4Cl)nc3CO)CC1)C2. The molecule has 0 atom stereocenters. The Kier molecular flexibility index (Phi) is 6.34. The maximum Gasteiger partial charge on any atom is 0.153 e. The summed E-state index contributed by atoms with van der Waals surface area (Å²) in [6.45, 7) is 3.61. The van der Waals surface area contributed by atoms with Gasteiger partial charge >= 0.3 is 0 Å². The molecule has 4 nitrogen and oxygen atoms in total. The number of piperidine rings is 1. The van der Waals surface area contributed by atoms with E-state index in [1.54, 1.807) is 6.07 Å². The molecule has 1 aliphatic carbocycles. The number of aliphatic hydroxyl groups excluding tert-OH is 1. The number of aromatic nitrogens is 2. The van der Waals surface area contributed by atoms with Crippen LogP contribution in [0.1, 0.15) is 35.4 Å². The molecule has 0 unspecified atom stereocenters. The summed E-state index contributed by atoms with van der Waals surface area (Å²) < 4.78 is 0. The predicted octanol–water partition coefficient (Wildman–Crippen LogP) is 6.36. The van der Waals surface area contributed by atoms with E-state index in [0.29, 0.717) is 26.8 Å². The zero-order chi connectivity index (χ0) is 23.2. The highest BCUT2D eigenvalue weighted by molar-refractivity contribution is 7.98. The van der Waals surface area contributed by atoms with Crippen LogP contribution in [0, 0.1) is 12.3 Å². The summed E-state index contributed by atoms with van der Waals surface area (Å²) in [5, 5.41) is 11.1. The Bertz CT molecular complexity index is 1210. The second kappa shape index (κ2) is 9.10. The van der Waals surface area contributed by atoms with Gasteiger partial charge in [0.05, 0.1) is 28.0 Å². The van der Waals surface area contributed by atoms with Crippen LogP contribution in [-0.2, 0) is 19.4 Å². The van der Waals surface area contributed by atoms with Gasteiger partial charge in [0.25, 0.3) is 0 Å². The van der Waals surface area contributed by atoms with Gasteiger partial charge in [-0.3, -0.25) is 0 Å². The molecule has 2 aromatic carbocycles. The minimum atomic E-state index is -0.168. The number of aryl methyl sites for hydroxylation is 1. The number of thioether (sulfide) groups is 1. The molecular formula is C26H27Cl2N3OS. The molecule has 1 aliphatic heterocycles. The van der Waals surface area contributed by atoms with Crippen molar-refractivity contribution in [3.05, 3.63) is 69.0 Å². The zero-order valence-corrected chi connectivity index (χ0v) is 21.2. The van der Waals surface area contributed by atoms with Gasteiger partial charge in [-0.25, -0.2) is 9.97 Å². The van der Waals surface area contributed by atoms with E-state index >= 15 is 0 Å². The lowest BCUT2D eigenvalue weighted by Gasteiger charge is -2.40. The molecule has 1 spiro atoms. The first kappa shape index (κ1) is 23.0. The molecule has 1 fully saturated rings. The molecule has 33 heavy (non-hydrogen) atoms. The predicted molar refractivity (Wildman–Crippen MR) is 138 cm³/mol. The molecule has 1 N–H and O–H groups in total. The van der Waals surface area contributed by atoms with Crippen LogP contribution in [0.2, 0.25) is 10.0 Å². The van der Waals surface area contributed by atoms with Gasteiger partial charge in [-0.1, -0.05) is 41.4 Å². The smallest absolute Gasteiger partial charge is 0.153 e. The Labute approximate surface area is 209 Å². The highest BCUT2D eigenvalue weighted by Gasteiger charge is 2.40. The number of anilines is 1. The van der Waals surface area contributed by atoms with Crippen molar-refractivity contribution in [3.8, 4) is 11.3 Å². The van der Waals surface area contributed by atoms with E-state index < -0.39 is 0 Å². The van der Waals surface area contributed by atoms with Crippen LogP contribution in [0.25, 0.3) is 11.3 Å². The average molecular weight is 500 g/mol. The van der Waals surface area contributed by atoms with Crippen LogP contribution in [0.5, 0.6) is 0 Å². The maximum absolute atomic E-state index is 10.1. The summed E-state index contributed by atoms with van der Waals surface area (Å²) in [7, 11) is 0. The molecule has 0 bridgehead atoms. The molecule has 1 aromatic heterocycles. The van der Waals surface area contributed by atoms with Gasteiger partial charge in [-0.05, 0) is 73.6 Å². The minimum absolute atomic E-state index is 0.168. The van der Waals surface area contributed by atoms with Gasteiger partial charge in [0.15, 0.2) is 5.82 Å². The number of hydrogen-bond donors (Lipinski definition) is 1. The van der Waals surface area contributed by atoms with Crippen LogP contribution in [0.3, 0.4) is 0 Å². The molecule has 2 aliphatic rings. The average Bonchev–Trinajstić information content (AvgIpc) is 3.18. The van der Waals surface area contributed by atoms with Crippen molar-refractivity contribution in [1.29, 1.82) is 0 Å². The Morgan fingerprint density at radius 3 is 2.55 bits per heavy atom. The number of fused-ring (bicyclic) bond motifs is 1. The molecule has 2 heterocycles. The number of halogens is 2. The van der Waals surface area contributed by atoms with Crippen LogP contribution in [-0.4, -0.2) is 34.4 Å². The standard InChI is InChI=1S/C26H27Cl2N3OS/c1-16-24(20-4-3-5-21(27)23(20)28)30-22(15-32)25(29-16)31-10-8-26(9-11-31)13-17-6-7-19(33-2)12-18(17)14-26/h3-7,12,32H,8-11,13-15H2,1-2H3. The first-order valence-corrected chi connectivity index (χ1v) is 13.2. The van der Waals surface area contributed by atoms with Gasteiger partial charge in [0, 0.05) is 23.5 Å². The fourth-order valence-corrected chi connectivity index (χ4v) is 6.18. The van der Waals surface area contributed by atoms with Crippen molar-refractivity contribution in [1.82, 2.24) is 9.97 Å².